The number of nitrogens with zero attached hydrogens (tertiary/aromatic N) is 3. The van der Waals surface area contributed by atoms with Gasteiger partial charge in [-0.05, 0) is 56.2 Å². The normalized spacial score (nSPS) is 20.5. The van der Waals surface area contributed by atoms with Crippen molar-refractivity contribution in [3.8, 4) is 0 Å². The molecule has 31 heavy (non-hydrogen) atoms. The Kier molecular flexibility index (Phi) is 5.73. The fourth-order valence-electron chi connectivity index (χ4n) is 6.00. The lowest BCUT2D eigenvalue weighted by Crippen LogP contribution is -2.39. The third-order valence-electron chi connectivity index (χ3n) is 7.89. The van der Waals surface area contributed by atoms with Gasteiger partial charge in [0.25, 0.3) is 0 Å². The highest BCUT2D eigenvalue weighted by molar-refractivity contribution is 5.93. The molecule has 0 radical (unpaired) electrons. The first-order valence-electron chi connectivity index (χ1n) is 12.1. The molecule has 1 saturated heterocycles. The maximum absolute atomic E-state index is 14.5. The zero-order valence-corrected chi connectivity index (χ0v) is 18.9. The summed E-state index contributed by atoms with van der Waals surface area (Å²) in [6.07, 6.45) is 11.6. The Morgan fingerprint density at radius 2 is 1.74 bits per heavy atom. The van der Waals surface area contributed by atoms with E-state index >= 15 is 0 Å². The molecule has 0 spiro atoms. The summed E-state index contributed by atoms with van der Waals surface area (Å²) in [6.45, 7) is 7.06. The SMILES string of the molecule is Cc1c(C)n(Cc2ccccc2F)c2c(N3CCCC(C4CCCCC4)C3)nccc12. The number of fused-ring (bicyclic) bond motifs is 1. The maximum atomic E-state index is 14.5. The van der Waals surface area contributed by atoms with E-state index in [2.05, 4.69) is 29.4 Å². The van der Waals surface area contributed by atoms with Crippen LogP contribution in [0.25, 0.3) is 10.9 Å². The van der Waals surface area contributed by atoms with Crippen molar-refractivity contribution in [1.29, 1.82) is 0 Å². The molecule has 2 aliphatic rings. The molecule has 0 amide bonds. The van der Waals surface area contributed by atoms with Gasteiger partial charge >= 0.3 is 0 Å². The molecule has 4 heteroatoms. The Balaban J connectivity index is 1.53. The minimum atomic E-state index is -0.137. The van der Waals surface area contributed by atoms with E-state index in [1.807, 2.05) is 18.3 Å². The van der Waals surface area contributed by atoms with Gasteiger partial charge in [-0.25, -0.2) is 9.37 Å². The summed E-state index contributed by atoms with van der Waals surface area (Å²) in [5, 5.41) is 1.25. The van der Waals surface area contributed by atoms with Crippen molar-refractivity contribution in [2.75, 3.05) is 18.0 Å². The summed E-state index contributed by atoms with van der Waals surface area (Å²) in [7, 11) is 0. The molecule has 3 heterocycles. The van der Waals surface area contributed by atoms with Crippen LogP contribution in [0.1, 0.15) is 61.8 Å². The molecular formula is C27H34FN3. The number of benzene rings is 1. The predicted octanol–water partition coefficient (Wildman–Crippen LogP) is 6.64. The first-order chi connectivity index (χ1) is 15.1. The lowest BCUT2D eigenvalue weighted by atomic mass is 9.76. The summed E-state index contributed by atoms with van der Waals surface area (Å²) in [5.41, 5.74) is 4.38. The Morgan fingerprint density at radius 1 is 0.968 bits per heavy atom. The summed E-state index contributed by atoms with van der Waals surface area (Å²) in [5.74, 6) is 2.61. The van der Waals surface area contributed by atoms with Crippen LogP contribution in [-0.4, -0.2) is 22.6 Å². The molecule has 2 fully saturated rings. The van der Waals surface area contributed by atoms with Crippen LogP contribution >= 0.6 is 0 Å². The fourth-order valence-corrected chi connectivity index (χ4v) is 6.00. The standard InChI is InChI=1S/C27H34FN3/c1-19-20(2)31(18-23-11-6-7-13-25(23)28)26-24(19)14-15-29-27(26)30-16-8-12-22(17-30)21-9-4-3-5-10-21/h6-7,11,13-15,21-22H,3-5,8-10,12,16-18H2,1-2H3. The quantitative estimate of drug-likeness (QED) is 0.473. The average Bonchev–Trinajstić information content (AvgIpc) is 3.06. The van der Waals surface area contributed by atoms with E-state index in [1.165, 1.54) is 67.1 Å². The summed E-state index contributed by atoms with van der Waals surface area (Å²) < 4.78 is 16.8. The lowest BCUT2D eigenvalue weighted by Gasteiger charge is -2.39. The van der Waals surface area contributed by atoms with Crippen molar-refractivity contribution in [2.24, 2.45) is 11.8 Å². The Hall–Kier alpha value is -2.36. The second-order valence-corrected chi connectivity index (χ2v) is 9.67. The van der Waals surface area contributed by atoms with Crippen LogP contribution in [0.3, 0.4) is 0 Å². The largest absolute Gasteiger partial charge is 0.355 e. The van der Waals surface area contributed by atoms with Gasteiger partial charge in [-0.15, -0.1) is 0 Å². The Bertz CT molecular complexity index is 1060. The molecule has 164 valence electrons. The highest BCUT2D eigenvalue weighted by Crippen LogP contribution is 2.38. The second-order valence-electron chi connectivity index (χ2n) is 9.67. The molecule has 3 aromatic rings. The number of anilines is 1. The monoisotopic (exact) mass is 419 g/mol. The minimum absolute atomic E-state index is 0.137. The first-order valence-corrected chi connectivity index (χ1v) is 12.1. The highest BCUT2D eigenvalue weighted by atomic mass is 19.1. The van der Waals surface area contributed by atoms with Gasteiger partial charge in [0.05, 0.1) is 12.1 Å². The highest BCUT2D eigenvalue weighted by Gasteiger charge is 2.30. The van der Waals surface area contributed by atoms with Crippen LogP contribution in [0.2, 0.25) is 0 Å². The van der Waals surface area contributed by atoms with Crippen molar-refractivity contribution in [2.45, 2.75) is 65.3 Å². The van der Waals surface area contributed by atoms with Gasteiger partial charge in [0, 0.05) is 35.9 Å². The van der Waals surface area contributed by atoms with Gasteiger partial charge in [-0.3, -0.25) is 0 Å². The number of halogens is 1. The summed E-state index contributed by atoms with van der Waals surface area (Å²) in [4.78, 5) is 7.43. The smallest absolute Gasteiger partial charge is 0.153 e. The molecule has 0 bridgehead atoms. The second kappa shape index (κ2) is 8.64. The van der Waals surface area contributed by atoms with E-state index in [4.69, 9.17) is 4.98 Å². The molecule has 0 N–H and O–H groups in total. The fraction of sp³-hybridized carbons (Fsp3) is 0.519. The van der Waals surface area contributed by atoms with Crippen molar-refractivity contribution in [3.05, 3.63) is 59.2 Å². The van der Waals surface area contributed by atoms with Crippen molar-refractivity contribution in [1.82, 2.24) is 9.55 Å². The van der Waals surface area contributed by atoms with Gasteiger partial charge in [-0.1, -0.05) is 50.3 Å². The van der Waals surface area contributed by atoms with E-state index in [0.717, 1.165) is 36.3 Å². The van der Waals surface area contributed by atoms with E-state index < -0.39 is 0 Å². The third kappa shape index (κ3) is 3.86. The number of aromatic nitrogens is 2. The first kappa shape index (κ1) is 20.5. The van der Waals surface area contributed by atoms with E-state index in [1.54, 1.807) is 12.1 Å². The average molecular weight is 420 g/mol. The number of aryl methyl sites for hydroxylation is 1. The molecular weight excluding hydrogens is 385 g/mol. The molecule has 1 saturated carbocycles. The van der Waals surface area contributed by atoms with Crippen LogP contribution in [0, 0.1) is 31.5 Å². The van der Waals surface area contributed by atoms with Crippen LogP contribution in [0.5, 0.6) is 0 Å². The molecule has 1 aliphatic carbocycles. The molecule has 1 aromatic carbocycles. The van der Waals surface area contributed by atoms with Crippen molar-refractivity contribution < 1.29 is 4.39 Å². The van der Waals surface area contributed by atoms with Gasteiger partial charge in [0.2, 0.25) is 0 Å². The molecule has 1 atom stereocenters. The van der Waals surface area contributed by atoms with Gasteiger partial charge < -0.3 is 9.47 Å². The number of hydrogen-bond donors (Lipinski definition) is 0. The van der Waals surface area contributed by atoms with Crippen LogP contribution < -0.4 is 4.90 Å². The zero-order valence-electron chi connectivity index (χ0n) is 18.9. The topological polar surface area (TPSA) is 21.1 Å². The molecule has 5 rings (SSSR count). The Labute approximate surface area is 185 Å². The molecule has 1 unspecified atom stereocenters. The molecule has 1 aliphatic heterocycles. The van der Waals surface area contributed by atoms with Crippen molar-refractivity contribution >= 4 is 16.7 Å². The number of hydrogen-bond acceptors (Lipinski definition) is 2. The minimum Gasteiger partial charge on any atom is -0.355 e. The van der Waals surface area contributed by atoms with E-state index in [9.17, 15) is 4.39 Å². The van der Waals surface area contributed by atoms with Gasteiger partial charge in [0.1, 0.15) is 5.82 Å². The summed E-state index contributed by atoms with van der Waals surface area (Å²) >= 11 is 0. The van der Waals surface area contributed by atoms with Crippen LogP contribution in [0.15, 0.2) is 36.5 Å². The van der Waals surface area contributed by atoms with E-state index in [-0.39, 0.29) is 5.82 Å². The molecule has 3 nitrogen and oxygen atoms in total. The third-order valence-corrected chi connectivity index (χ3v) is 7.89. The van der Waals surface area contributed by atoms with Gasteiger partial charge in [-0.2, -0.15) is 0 Å². The Morgan fingerprint density at radius 3 is 2.55 bits per heavy atom. The number of pyridine rings is 1. The molecule has 2 aromatic heterocycles. The van der Waals surface area contributed by atoms with Gasteiger partial charge in [0.15, 0.2) is 5.82 Å². The van der Waals surface area contributed by atoms with E-state index in [0.29, 0.717) is 6.54 Å². The number of piperidine rings is 1. The summed E-state index contributed by atoms with van der Waals surface area (Å²) in [6, 6.07) is 9.26. The predicted molar refractivity (Wildman–Crippen MR) is 126 cm³/mol. The maximum Gasteiger partial charge on any atom is 0.153 e. The number of rotatable bonds is 4. The van der Waals surface area contributed by atoms with Crippen LogP contribution in [-0.2, 0) is 6.54 Å². The lowest BCUT2D eigenvalue weighted by molar-refractivity contribution is 0.220. The zero-order chi connectivity index (χ0) is 21.4. The van der Waals surface area contributed by atoms with Crippen LogP contribution in [0.4, 0.5) is 10.2 Å². The van der Waals surface area contributed by atoms with Crippen molar-refractivity contribution in [3.63, 3.8) is 0 Å².